The van der Waals surface area contributed by atoms with Crippen LogP contribution in [-0.4, -0.2) is 44.7 Å². The predicted molar refractivity (Wildman–Crippen MR) is 79.5 cm³/mol. The van der Waals surface area contributed by atoms with Crippen LogP contribution >= 0.6 is 0 Å². The number of benzene rings is 1. The van der Waals surface area contributed by atoms with Crippen molar-refractivity contribution in [3.63, 3.8) is 0 Å². The SMILES string of the molecule is CN1CCNC(c2cccc(C3CCNCC3)c2)C1. The Balaban J connectivity index is 1.75. The molecule has 1 aromatic carbocycles. The third kappa shape index (κ3) is 3.16. The van der Waals surface area contributed by atoms with Gasteiger partial charge < -0.3 is 15.5 Å². The van der Waals surface area contributed by atoms with Crippen molar-refractivity contribution in [3.05, 3.63) is 35.4 Å². The topological polar surface area (TPSA) is 27.3 Å². The molecule has 3 rings (SSSR count). The van der Waals surface area contributed by atoms with Crippen molar-refractivity contribution < 1.29 is 0 Å². The fraction of sp³-hybridized carbons (Fsp3) is 0.625. The highest BCUT2D eigenvalue weighted by molar-refractivity contribution is 5.29. The molecule has 2 heterocycles. The Labute approximate surface area is 116 Å². The van der Waals surface area contributed by atoms with Gasteiger partial charge in [-0.2, -0.15) is 0 Å². The molecule has 2 aliphatic rings. The molecule has 0 amide bonds. The van der Waals surface area contributed by atoms with E-state index in [0.717, 1.165) is 25.6 Å². The summed E-state index contributed by atoms with van der Waals surface area (Å²) >= 11 is 0. The molecule has 1 atom stereocenters. The second kappa shape index (κ2) is 6.04. The van der Waals surface area contributed by atoms with Gasteiger partial charge in [-0.1, -0.05) is 24.3 Å². The zero-order valence-corrected chi connectivity index (χ0v) is 11.9. The molecule has 0 saturated carbocycles. The van der Waals surface area contributed by atoms with E-state index in [0.29, 0.717) is 6.04 Å². The van der Waals surface area contributed by atoms with Crippen molar-refractivity contribution in [2.75, 3.05) is 39.8 Å². The van der Waals surface area contributed by atoms with Gasteiger partial charge in [-0.15, -0.1) is 0 Å². The lowest BCUT2D eigenvalue weighted by atomic mass is 9.88. The fourth-order valence-electron chi connectivity index (χ4n) is 3.31. The van der Waals surface area contributed by atoms with E-state index in [-0.39, 0.29) is 0 Å². The van der Waals surface area contributed by atoms with Gasteiger partial charge >= 0.3 is 0 Å². The Kier molecular flexibility index (Phi) is 4.16. The van der Waals surface area contributed by atoms with Crippen LogP contribution < -0.4 is 10.6 Å². The number of hydrogen-bond acceptors (Lipinski definition) is 3. The first-order chi connectivity index (χ1) is 9.33. The zero-order valence-electron chi connectivity index (χ0n) is 11.9. The normalized spacial score (nSPS) is 26.5. The van der Waals surface area contributed by atoms with Gasteiger partial charge in [0.2, 0.25) is 0 Å². The second-order valence-corrected chi connectivity index (χ2v) is 5.96. The van der Waals surface area contributed by atoms with E-state index in [9.17, 15) is 0 Å². The number of hydrogen-bond donors (Lipinski definition) is 2. The van der Waals surface area contributed by atoms with Gasteiger partial charge in [0.15, 0.2) is 0 Å². The maximum absolute atomic E-state index is 3.64. The van der Waals surface area contributed by atoms with E-state index in [1.165, 1.54) is 37.1 Å². The van der Waals surface area contributed by atoms with Crippen molar-refractivity contribution in [2.45, 2.75) is 24.8 Å². The molecule has 3 nitrogen and oxygen atoms in total. The maximum atomic E-state index is 3.64. The van der Waals surface area contributed by atoms with Crippen molar-refractivity contribution in [1.29, 1.82) is 0 Å². The molecule has 0 bridgehead atoms. The van der Waals surface area contributed by atoms with E-state index < -0.39 is 0 Å². The van der Waals surface area contributed by atoms with Crippen LogP contribution in [0, 0.1) is 0 Å². The summed E-state index contributed by atoms with van der Waals surface area (Å²) in [5.41, 5.74) is 3.00. The number of piperazine rings is 1. The van der Waals surface area contributed by atoms with Gasteiger partial charge in [0.25, 0.3) is 0 Å². The Morgan fingerprint density at radius 3 is 2.68 bits per heavy atom. The van der Waals surface area contributed by atoms with Crippen molar-refractivity contribution in [2.24, 2.45) is 0 Å². The minimum Gasteiger partial charge on any atom is -0.317 e. The summed E-state index contributed by atoms with van der Waals surface area (Å²) in [6.45, 7) is 5.71. The number of nitrogens with one attached hydrogen (secondary N) is 2. The average Bonchev–Trinajstić information content (AvgIpc) is 2.48. The molecule has 2 aliphatic heterocycles. The van der Waals surface area contributed by atoms with Crippen LogP contribution in [0.5, 0.6) is 0 Å². The minimum absolute atomic E-state index is 0.500. The van der Waals surface area contributed by atoms with E-state index in [1.54, 1.807) is 0 Å². The lowest BCUT2D eigenvalue weighted by Gasteiger charge is -2.32. The number of piperidine rings is 1. The molecule has 1 unspecified atom stereocenters. The summed E-state index contributed by atoms with van der Waals surface area (Å²) in [6, 6.07) is 9.77. The highest BCUT2D eigenvalue weighted by atomic mass is 15.2. The molecule has 19 heavy (non-hydrogen) atoms. The smallest absolute Gasteiger partial charge is 0.0449 e. The second-order valence-electron chi connectivity index (χ2n) is 5.96. The van der Waals surface area contributed by atoms with E-state index in [2.05, 4.69) is 46.8 Å². The van der Waals surface area contributed by atoms with Gasteiger partial charge in [-0.25, -0.2) is 0 Å². The predicted octanol–water partition coefficient (Wildman–Crippen LogP) is 1.73. The van der Waals surface area contributed by atoms with Crippen molar-refractivity contribution in [3.8, 4) is 0 Å². The largest absolute Gasteiger partial charge is 0.317 e. The van der Waals surface area contributed by atoms with Gasteiger partial charge in [-0.3, -0.25) is 0 Å². The summed E-state index contributed by atoms with van der Waals surface area (Å²) in [5.74, 6) is 0.752. The first-order valence-corrected chi connectivity index (χ1v) is 7.55. The van der Waals surface area contributed by atoms with E-state index in [1.807, 2.05) is 0 Å². The third-order valence-corrected chi connectivity index (χ3v) is 4.50. The Hall–Kier alpha value is -0.900. The molecule has 3 heteroatoms. The van der Waals surface area contributed by atoms with Gasteiger partial charge in [0.1, 0.15) is 0 Å². The molecule has 0 aliphatic carbocycles. The average molecular weight is 259 g/mol. The molecular weight excluding hydrogens is 234 g/mol. The first-order valence-electron chi connectivity index (χ1n) is 7.55. The molecular formula is C16H25N3. The Bertz CT molecular complexity index is 412. The first kappa shape index (κ1) is 13.1. The van der Waals surface area contributed by atoms with E-state index >= 15 is 0 Å². The summed E-state index contributed by atoms with van der Waals surface area (Å²) < 4.78 is 0. The van der Waals surface area contributed by atoms with E-state index in [4.69, 9.17) is 0 Å². The lowest BCUT2D eigenvalue weighted by Crippen LogP contribution is -2.43. The molecule has 104 valence electrons. The monoisotopic (exact) mass is 259 g/mol. The number of likely N-dealkylation sites (N-methyl/N-ethyl adjacent to an activating group) is 1. The summed E-state index contributed by atoms with van der Waals surface area (Å²) in [5, 5.41) is 7.09. The van der Waals surface area contributed by atoms with Crippen LogP contribution in [0.1, 0.15) is 35.9 Å². The van der Waals surface area contributed by atoms with Gasteiger partial charge in [-0.05, 0) is 50.0 Å². The molecule has 0 radical (unpaired) electrons. The van der Waals surface area contributed by atoms with Crippen molar-refractivity contribution >= 4 is 0 Å². The minimum atomic E-state index is 0.500. The summed E-state index contributed by atoms with van der Waals surface area (Å²) in [7, 11) is 2.21. The molecule has 2 fully saturated rings. The molecule has 0 aromatic heterocycles. The summed E-state index contributed by atoms with van der Waals surface area (Å²) in [6.07, 6.45) is 2.56. The van der Waals surface area contributed by atoms with Crippen LogP contribution in [-0.2, 0) is 0 Å². The summed E-state index contributed by atoms with van der Waals surface area (Å²) in [4.78, 5) is 2.42. The highest BCUT2D eigenvalue weighted by Crippen LogP contribution is 2.27. The van der Waals surface area contributed by atoms with Crippen molar-refractivity contribution in [1.82, 2.24) is 15.5 Å². The third-order valence-electron chi connectivity index (χ3n) is 4.50. The van der Waals surface area contributed by atoms with Gasteiger partial charge in [0, 0.05) is 25.7 Å². The maximum Gasteiger partial charge on any atom is 0.0449 e. The van der Waals surface area contributed by atoms with Crippen LogP contribution in [0.4, 0.5) is 0 Å². The zero-order chi connectivity index (χ0) is 13.1. The quantitative estimate of drug-likeness (QED) is 0.847. The molecule has 2 N–H and O–H groups in total. The highest BCUT2D eigenvalue weighted by Gasteiger charge is 2.20. The number of rotatable bonds is 2. The van der Waals surface area contributed by atoms with Crippen LogP contribution in [0.3, 0.4) is 0 Å². The van der Waals surface area contributed by atoms with Crippen LogP contribution in [0.25, 0.3) is 0 Å². The molecule has 1 aromatic rings. The van der Waals surface area contributed by atoms with Crippen LogP contribution in [0.15, 0.2) is 24.3 Å². The molecule has 2 saturated heterocycles. The van der Waals surface area contributed by atoms with Crippen LogP contribution in [0.2, 0.25) is 0 Å². The number of nitrogens with zero attached hydrogens (tertiary/aromatic N) is 1. The Morgan fingerprint density at radius 1 is 1.11 bits per heavy atom. The Morgan fingerprint density at radius 2 is 1.89 bits per heavy atom. The van der Waals surface area contributed by atoms with Gasteiger partial charge in [0.05, 0.1) is 0 Å². The lowest BCUT2D eigenvalue weighted by molar-refractivity contribution is 0.241. The molecule has 0 spiro atoms. The fourth-order valence-corrected chi connectivity index (χ4v) is 3.31. The standard InChI is InChI=1S/C16H25N3/c1-19-10-9-18-16(12-19)15-4-2-3-14(11-15)13-5-7-17-8-6-13/h2-4,11,13,16-18H,5-10,12H2,1H3.